The van der Waals surface area contributed by atoms with Crippen molar-refractivity contribution in [2.75, 3.05) is 5.73 Å². The molecule has 0 saturated carbocycles. The van der Waals surface area contributed by atoms with E-state index in [2.05, 4.69) is 9.37 Å². The topological polar surface area (TPSA) is 87.8 Å². The Labute approximate surface area is 95.5 Å². The molecule has 0 bridgehead atoms. The van der Waals surface area contributed by atoms with E-state index < -0.39 is 0 Å². The first-order valence-corrected chi connectivity index (χ1v) is 5.10. The van der Waals surface area contributed by atoms with Crippen molar-refractivity contribution in [1.82, 2.24) is 0 Å². The molecule has 0 atom stereocenters. The number of rotatable bonds is 3. The van der Waals surface area contributed by atoms with Gasteiger partial charge in [0.1, 0.15) is 0 Å². The van der Waals surface area contributed by atoms with Crippen LogP contribution in [0.4, 0.5) is 5.69 Å². The Morgan fingerprint density at radius 1 is 1.25 bits per heavy atom. The van der Waals surface area contributed by atoms with Crippen LogP contribution >= 0.6 is 12.0 Å². The van der Waals surface area contributed by atoms with Crippen molar-refractivity contribution in [3.63, 3.8) is 0 Å². The minimum Gasteiger partial charge on any atom is -0.872 e. The molecule has 16 heavy (non-hydrogen) atoms. The van der Waals surface area contributed by atoms with Gasteiger partial charge < -0.3 is 10.8 Å². The van der Waals surface area contributed by atoms with Gasteiger partial charge in [0.2, 0.25) is 0 Å². The van der Waals surface area contributed by atoms with Gasteiger partial charge in [0.05, 0.1) is 12.0 Å². The van der Waals surface area contributed by atoms with Crippen LogP contribution in [0.3, 0.4) is 0 Å². The van der Waals surface area contributed by atoms with E-state index in [0.29, 0.717) is 16.0 Å². The van der Waals surface area contributed by atoms with Crippen LogP contribution in [0.25, 0.3) is 10.8 Å². The van der Waals surface area contributed by atoms with Crippen LogP contribution in [0.15, 0.2) is 35.2 Å². The lowest BCUT2D eigenvalue weighted by atomic mass is 10.1. The number of nitrogens with two attached hydrogens (primary N) is 1. The van der Waals surface area contributed by atoms with Crippen molar-refractivity contribution in [2.24, 2.45) is 0 Å². The molecule has 84 valence electrons. The summed E-state index contributed by atoms with van der Waals surface area (Å²) in [4.78, 5) is 0.525. The van der Waals surface area contributed by atoms with Gasteiger partial charge in [-0.3, -0.25) is 0 Å². The largest absolute Gasteiger partial charge is 0.872 e. The molecule has 0 saturated heterocycles. The standard InChI is InChI=1S/C10H9NO4S/c11-7-1-2-9-6(3-7)4-8(5-10(9)12)16-15-14-13/h1-5,12-13H,11H2/p-1. The Hall–Kier alpha value is -1.47. The van der Waals surface area contributed by atoms with Crippen LogP contribution in [0, 0.1) is 0 Å². The van der Waals surface area contributed by atoms with Crippen LogP contribution in [0.5, 0.6) is 5.75 Å². The number of hydrogen-bond donors (Lipinski definition) is 2. The average molecular weight is 238 g/mol. The van der Waals surface area contributed by atoms with Gasteiger partial charge in [-0.15, -0.1) is 4.33 Å². The van der Waals surface area contributed by atoms with E-state index in [9.17, 15) is 5.11 Å². The quantitative estimate of drug-likeness (QED) is 0.367. The Balaban J connectivity index is 2.47. The highest BCUT2D eigenvalue weighted by Crippen LogP contribution is 2.31. The zero-order valence-electron chi connectivity index (χ0n) is 8.04. The summed E-state index contributed by atoms with van der Waals surface area (Å²) in [6.45, 7) is 0. The van der Waals surface area contributed by atoms with Crippen molar-refractivity contribution in [1.29, 1.82) is 0 Å². The molecule has 3 N–H and O–H groups in total. The van der Waals surface area contributed by atoms with E-state index in [-0.39, 0.29) is 5.75 Å². The summed E-state index contributed by atoms with van der Waals surface area (Å²) < 4.78 is 4.26. The fraction of sp³-hybridized carbons (Fsp3) is 0. The van der Waals surface area contributed by atoms with Crippen LogP contribution in [-0.4, -0.2) is 5.26 Å². The molecule has 0 unspecified atom stereocenters. The van der Waals surface area contributed by atoms with Crippen molar-refractivity contribution < 1.29 is 19.7 Å². The van der Waals surface area contributed by atoms with Crippen molar-refractivity contribution in [2.45, 2.75) is 4.90 Å². The zero-order valence-corrected chi connectivity index (χ0v) is 8.86. The van der Waals surface area contributed by atoms with Gasteiger partial charge in [-0.25, -0.2) is 5.26 Å². The van der Waals surface area contributed by atoms with Gasteiger partial charge in [-0.1, -0.05) is 22.9 Å². The molecule has 0 radical (unpaired) electrons. The third-order valence-electron chi connectivity index (χ3n) is 2.07. The molecule has 0 aliphatic rings. The predicted molar refractivity (Wildman–Crippen MR) is 58.5 cm³/mol. The summed E-state index contributed by atoms with van der Waals surface area (Å²) >= 11 is 0.742. The maximum absolute atomic E-state index is 11.7. The van der Waals surface area contributed by atoms with Gasteiger partial charge in [-0.05, 0) is 29.0 Å². The molecule has 0 spiro atoms. The fourth-order valence-electron chi connectivity index (χ4n) is 1.43. The van der Waals surface area contributed by atoms with Gasteiger partial charge in [0.15, 0.2) is 0 Å². The smallest absolute Gasteiger partial charge is 0.0714 e. The molecule has 0 aromatic heterocycles. The lowest BCUT2D eigenvalue weighted by molar-refractivity contribution is -0.432. The van der Waals surface area contributed by atoms with Crippen LogP contribution in [-0.2, 0) is 9.37 Å². The molecule has 2 aromatic carbocycles. The van der Waals surface area contributed by atoms with Crippen molar-refractivity contribution in [3.05, 3.63) is 30.3 Å². The second-order valence-electron chi connectivity index (χ2n) is 3.13. The lowest BCUT2D eigenvalue weighted by Crippen LogP contribution is -1.93. The number of anilines is 1. The van der Waals surface area contributed by atoms with Gasteiger partial charge in [0.25, 0.3) is 0 Å². The van der Waals surface area contributed by atoms with E-state index in [0.717, 1.165) is 17.4 Å². The van der Waals surface area contributed by atoms with E-state index in [4.69, 9.17) is 11.0 Å². The van der Waals surface area contributed by atoms with E-state index in [1.54, 1.807) is 24.3 Å². The predicted octanol–water partition coefficient (Wildman–Crippen LogP) is 1.92. The molecule has 5 nitrogen and oxygen atoms in total. The summed E-state index contributed by atoms with van der Waals surface area (Å²) in [5, 5.41) is 24.4. The second-order valence-corrected chi connectivity index (χ2v) is 3.90. The second kappa shape index (κ2) is 4.58. The molecular formula is C10H8NO4S-. The zero-order chi connectivity index (χ0) is 11.5. The molecule has 2 rings (SSSR count). The third kappa shape index (κ3) is 2.20. The third-order valence-corrected chi connectivity index (χ3v) is 2.63. The van der Waals surface area contributed by atoms with Gasteiger partial charge in [0, 0.05) is 10.6 Å². The molecular weight excluding hydrogens is 230 g/mol. The Bertz CT molecular complexity index is 517. The van der Waals surface area contributed by atoms with Crippen LogP contribution < -0.4 is 10.8 Å². The Morgan fingerprint density at radius 2 is 2.06 bits per heavy atom. The highest BCUT2D eigenvalue weighted by atomic mass is 32.2. The fourth-order valence-corrected chi connectivity index (χ4v) is 1.87. The maximum atomic E-state index is 11.7. The molecule has 6 heteroatoms. The molecule has 0 amide bonds. The molecule has 0 heterocycles. The first kappa shape index (κ1) is 11.0. The first-order valence-electron chi connectivity index (χ1n) is 4.36. The SMILES string of the molecule is Nc1ccc2c([O-])cc(SOOO)cc2c1. The van der Waals surface area contributed by atoms with E-state index in [1.807, 2.05) is 0 Å². The number of benzene rings is 2. The van der Waals surface area contributed by atoms with Gasteiger partial charge in [-0.2, -0.15) is 0 Å². The highest BCUT2D eigenvalue weighted by molar-refractivity contribution is 7.94. The maximum Gasteiger partial charge on any atom is 0.0714 e. The number of hydrogen-bond acceptors (Lipinski definition) is 6. The summed E-state index contributed by atoms with van der Waals surface area (Å²) in [5.41, 5.74) is 6.20. The molecule has 0 aliphatic carbocycles. The van der Waals surface area contributed by atoms with Crippen LogP contribution in [0.2, 0.25) is 0 Å². The van der Waals surface area contributed by atoms with Crippen molar-refractivity contribution >= 4 is 28.5 Å². The highest BCUT2D eigenvalue weighted by Gasteiger charge is 2.01. The molecule has 2 aromatic rings. The van der Waals surface area contributed by atoms with E-state index >= 15 is 0 Å². The lowest BCUT2D eigenvalue weighted by Gasteiger charge is -2.12. The minimum atomic E-state index is -0.137. The van der Waals surface area contributed by atoms with Crippen LogP contribution in [0.1, 0.15) is 0 Å². The monoisotopic (exact) mass is 238 g/mol. The van der Waals surface area contributed by atoms with E-state index in [1.165, 1.54) is 6.07 Å². The molecule has 0 aliphatic heterocycles. The Morgan fingerprint density at radius 3 is 2.81 bits per heavy atom. The van der Waals surface area contributed by atoms with Gasteiger partial charge >= 0.3 is 0 Å². The average Bonchev–Trinajstić information content (AvgIpc) is 2.25. The summed E-state index contributed by atoms with van der Waals surface area (Å²) in [6.07, 6.45) is 0. The van der Waals surface area contributed by atoms with Crippen molar-refractivity contribution in [3.8, 4) is 5.75 Å². The first-order chi connectivity index (χ1) is 7.70. The normalized spacial score (nSPS) is 10.8. The summed E-state index contributed by atoms with van der Waals surface area (Å²) in [7, 11) is 0. The number of nitrogen functional groups attached to an aromatic ring is 1. The number of fused-ring (bicyclic) bond motifs is 1. The minimum absolute atomic E-state index is 0.137. The molecule has 0 fully saturated rings. The summed E-state index contributed by atoms with van der Waals surface area (Å²) in [5.74, 6) is -0.137. The summed E-state index contributed by atoms with van der Waals surface area (Å²) in [6, 6.07) is 8.15. The Kier molecular flexibility index (Phi) is 3.16.